The van der Waals surface area contributed by atoms with Gasteiger partial charge in [0.05, 0.1) is 0 Å². The van der Waals surface area contributed by atoms with Crippen LogP contribution in [0.15, 0.2) is 34.1 Å². The first-order chi connectivity index (χ1) is 14.1. The van der Waals surface area contributed by atoms with Gasteiger partial charge < -0.3 is 10.6 Å². The molecule has 7 nitrogen and oxygen atoms in total. The topological polar surface area (TPSA) is 76.2 Å². The lowest BCUT2D eigenvalue weighted by Gasteiger charge is -2.14. The van der Waals surface area contributed by atoms with Gasteiger partial charge in [0.2, 0.25) is 0 Å². The van der Waals surface area contributed by atoms with Crippen molar-refractivity contribution < 1.29 is 0 Å². The quantitative estimate of drug-likeness (QED) is 0.407. The number of fused-ring (bicyclic) bond motifs is 1. The number of aromatic nitrogens is 3. The van der Waals surface area contributed by atoms with Gasteiger partial charge in [0.25, 0.3) is 0 Å². The number of guanidine groups is 1. The highest BCUT2D eigenvalue weighted by Crippen LogP contribution is 2.16. The Hall–Kier alpha value is -2.57. The van der Waals surface area contributed by atoms with Crippen LogP contribution in [-0.4, -0.2) is 39.9 Å². The van der Waals surface area contributed by atoms with E-state index in [1.807, 2.05) is 4.57 Å². The maximum Gasteiger partial charge on any atom is 0.345 e. The van der Waals surface area contributed by atoms with E-state index in [-0.39, 0.29) is 5.69 Å². The summed E-state index contributed by atoms with van der Waals surface area (Å²) in [6, 6.07) is 8.61. The van der Waals surface area contributed by atoms with Crippen molar-refractivity contribution in [3.8, 4) is 0 Å². The molecule has 0 fully saturated rings. The standard InChI is InChI=1S/C22H34N6O/c1-4-23-21(25-16-18(3)19-10-7-9-17(2)15-19)24-12-8-14-28-22(29)27-13-6-5-11-20(27)26-28/h7,9-10,15,18H,4-6,8,11-14,16H2,1-3H3,(H2,23,24,25). The number of aliphatic imine (C=N–C) groups is 1. The van der Waals surface area contributed by atoms with Crippen LogP contribution >= 0.6 is 0 Å². The molecule has 0 aliphatic carbocycles. The Morgan fingerprint density at radius 3 is 2.93 bits per heavy atom. The van der Waals surface area contributed by atoms with Crippen molar-refractivity contribution in [3.05, 3.63) is 51.7 Å². The molecule has 0 bridgehead atoms. The van der Waals surface area contributed by atoms with Crippen molar-refractivity contribution in [1.82, 2.24) is 25.0 Å². The molecule has 7 heteroatoms. The number of aryl methyl sites for hydroxylation is 3. The number of rotatable bonds is 8. The Balaban J connectivity index is 1.50. The molecule has 1 aliphatic heterocycles. The zero-order valence-electron chi connectivity index (χ0n) is 17.9. The largest absolute Gasteiger partial charge is 0.357 e. The summed E-state index contributed by atoms with van der Waals surface area (Å²) >= 11 is 0. The second-order valence-electron chi connectivity index (χ2n) is 7.85. The number of hydrogen-bond donors (Lipinski definition) is 2. The van der Waals surface area contributed by atoms with E-state index in [9.17, 15) is 4.79 Å². The fourth-order valence-electron chi connectivity index (χ4n) is 3.68. The smallest absolute Gasteiger partial charge is 0.345 e. The Morgan fingerprint density at radius 2 is 2.17 bits per heavy atom. The van der Waals surface area contributed by atoms with Gasteiger partial charge in [0, 0.05) is 45.1 Å². The van der Waals surface area contributed by atoms with Crippen LogP contribution in [0.5, 0.6) is 0 Å². The molecular weight excluding hydrogens is 364 g/mol. The normalized spacial score (nSPS) is 15.1. The fourth-order valence-corrected chi connectivity index (χ4v) is 3.68. The SMILES string of the molecule is CCNC(=NCC(C)c1cccc(C)c1)NCCCn1nc2n(c1=O)CCCC2. The Labute approximate surface area is 173 Å². The van der Waals surface area contributed by atoms with Crippen LogP contribution in [0.3, 0.4) is 0 Å². The summed E-state index contributed by atoms with van der Waals surface area (Å²) in [5.41, 5.74) is 2.62. The molecule has 2 heterocycles. The average Bonchev–Trinajstić information content (AvgIpc) is 3.05. The lowest BCUT2D eigenvalue weighted by atomic mass is 10.00. The minimum Gasteiger partial charge on any atom is -0.357 e. The summed E-state index contributed by atoms with van der Waals surface area (Å²) in [5, 5.41) is 11.2. The molecule has 0 saturated carbocycles. The Bertz CT molecular complexity index is 882. The van der Waals surface area contributed by atoms with Crippen molar-refractivity contribution in [2.75, 3.05) is 19.6 Å². The first kappa shape index (κ1) is 21.1. The van der Waals surface area contributed by atoms with Crippen LogP contribution in [0, 0.1) is 6.92 Å². The summed E-state index contributed by atoms with van der Waals surface area (Å²) in [4.78, 5) is 17.1. The van der Waals surface area contributed by atoms with Crippen molar-refractivity contribution in [2.24, 2.45) is 4.99 Å². The van der Waals surface area contributed by atoms with Gasteiger partial charge in [0.15, 0.2) is 5.96 Å². The Morgan fingerprint density at radius 1 is 1.31 bits per heavy atom. The molecule has 1 aliphatic rings. The Kier molecular flexibility index (Phi) is 7.49. The number of nitrogens with zero attached hydrogens (tertiary/aromatic N) is 4. The molecule has 1 unspecified atom stereocenters. The summed E-state index contributed by atoms with van der Waals surface area (Å²) in [7, 11) is 0. The lowest BCUT2D eigenvalue weighted by Crippen LogP contribution is -2.38. The molecule has 1 aromatic heterocycles. The summed E-state index contributed by atoms with van der Waals surface area (Å²) in [6.07, 6.45) is 3.94. The van der Waals surface area contributed by atoms with Gasteiger partial charge in [-0.25, -0.2) is 9.48 Å². The van der Waals surface area contributed by atoms with Crippen LogP contribution in [0.4, 0.5) is 0 Å². The second kappa shape index (κ2) is 10.3. The maximum absolute atomic E-state index is 12.4. The summed E-state index contributed by atoms with van der Waals surface area (Å²) in [5.74, 6) is 2.12. The van der Waals surface area contributed by atoms with Gasteiger partial charge >= 0.3 is 5.69 Å². The second-order valence-corrected chi connectivity index (χ2v) is 7.85. The van der Waals surface area contributed by atoms with Crippen LogP contribution in [-0.2, 0) is 19.5 Å². The zero-order chi connectivity index (χ0) is 20.6. The molecule has 29 heavy (non-hydrogen) atoms. The molecule has 1 atom stereocenters. The summed E-state index contributed by atoms with van der Waals surface area (Å²) < 4.78 is 3.45. The zero-order valence-corrected chi connectivity index (χ0v) is 17.9. The van der Waals surface area contributed by atoms with E-state index in [4.69, 9.17) is 4.99 Å². The van der Waals surface area contributed by atoms with Gasteiger partial charge in [-0.3, -0.25) is 9.56 Å². The highest BCUT2D eigenvalue weighted by Gasteiger charge is 2.16. The van der Waals surface area contributed by atoms with Gasteiger partial charge in [-0.2, -0.15) is 5.10 Å². The van der Waals surface area contributed by atoms with E-state index in [2.05, 4.69) is 60.8 Å². The molecule has 158 valence electrons. The number of benzene rings is 1. The molecule has 0 radical (unpaired) electrons. The van der Waals surface area contributed by atoms with E-state index in [0.717, 1.165) is 63.6 Å². The van der Waals surface area contributed by atoms with Crippen LogP contribution in [0.2, 0.25) is 0 Å². The highest BCUT2D eigenvalue weighted by molar-refractivity contribution is 5.79. The van der Waals surface area contributed by atoms with Crippen LogP contribution in [0.25, 0.3) is 0 Å². The monoisotopic (exact) mass is 398 g/mol. The van der Waals surface area contributed by atoms with Crippen LogP contribution in [0.1, 0.15) is 56.0 Å². The maximum atomic E-state index is 12.4. The van der Waals surface area contributed by atoms with E-state index in [0.29, 0.717) is 12.5 Å². The van der Waals surface area contributed by atoms with Gasteiger partial charge in [-0.05, 0) is 38.7 Å². The van der Waals surface area contributed by atoms with Crippen molar-refractivity contribution in [1.29, 1.82) is 0 Å². The van der Waals surface area contributed by atoms with Crippen LogP contribution < -0.4 is 16.3 Å². The molecule has 1 aromatic carbocycles. The lowest BCUT2D eigenvalue weighted by molar-refractivity contribution is 0.509. The average molecular weight is 399 g/mol. The third-order valence-electron chi connectivity index (χ3n) is 5.35. The summed E-state index contributed by atoms with van der Waals surface area (Å²) in [6.45, 7) is 10.1. The van der Waals surface area contributed by atoms with E-state index in [1.54, 1.807) is 4.68 Å². The molecule has 2 N–H and O–H groups in total. The van der Waals surface area contributed by atoms with Crippen molar-refractivity contribution >= 4 is 5.96 Å². The van der Waals surface area contributed by atoms with Crippen molar-refractivity contribution in [2.45, 2.75) is 65.5 Å². The molecule has 2 aromatic rings. The molecule has 3 rings (SSSR count). The van der Waals surface area contributed by atoms with Crippen molar-refractivity contribution in [3.63, 3.8) is 0 Å². The minimum atomic E-state index is 0.0345. The first-order valence-corrected chi connectivity index (χ1v) is 10.8. The molecular formula is C22H34N6O. The third-order valence-corrected chi connectivity index (χ3v) is 5.35. The predicted octanol–water partition coefficient (Wildman–Crippen LogP) is 2.44. The van der Waals surface area contributed by atoms with E-state index >= 15 is 0 Å². The van der Waals surface area contributed by atoms with Gasteiger partial charge in [-0.15, -0.1) is 0 Å². The predicted molar refractivity (Wildman–Crippen MR) is 118 cm³/mol. The third kappa shape index (κ3) is 5.71. The van der Waals surface area contributed by atoms with E-state index in [1.165, 1.54) is 11.1 Å². The minimum absolute atomic E-state index is 0.0345. The molecule has 0 amide bonds. The molecule has 0 saturated heterocycles. The van der Waals surface area contributed by atoms with Gasteiger partial charge in [-0.1, -0.05) is 36.8 Å². The fraction of sp³-hybridized carbons (Fsp3) is 0.591. The number of nitrogens with one attached hydrogen (secondary N) is 2. The van der Waals surface area contributed by atoms with E-state index < -0.39 is 0 Å². The highest BCUT2D eigenvalue weighted by atomic mass is 16.2. The first-order valence-electron chi connectivity index (χ1n) is 10.8. The number of hydrogen-bond acceptors (Lipinski definition) is 3. The molecule has 0 spiro atoms. The van der Waals surface area contributed by atoms with Gasteiger partial charge in [0.1, 0.15) is 5.82 Å².